The van der Waals surface area contributed by atoms with Gasteiger partial charge in [0, 0.05) is 11.0 Å². The number of halogens is 2. The van der Waals surface area contributed by atoms with Crippen molar-refractivity contribution in [3.63, 3.8) is 0 Å². The van der Waals surface area contributed by atoms with Crippen molar-refractivity contribution in [1.82, 2.24) is 0 Å². The molecule has 0 aliphatic carbocycles. The standard InChI is InChI=1S/C13H6F2N2O2S/c14-9-1-3-11(15)13(6-9)20-10-2-4-12(17(18)19)8(5-10)7-16/h1-6H. The van der Waals surface area contributed by atoms with E-state index in [1.807, 2.05) is 0 Å². The first kappa shape index (κ1) is 14.0. The maximum atomic E-state index is 13.5. The van der Waals surface area contributed by atoms with E-state index in [4.69, 9.17) is 5.26 Å². The molecule has 0 radical (unpaired) electrons. The van der Waals surface area contributed by atoms with E-state index in [0.29, 0.717) is 4.90 Å². The van der Waals surface area contributed by atoms with Crippen molar-refractivity contribution in [2.24, 2.45) is 0 Å². The van der Waals surface area contributed by atoms with Crippen LogP contribution in [0.1, 0.15) is 5.56 Å². The van der Waals surface area contributed by atoms with Gasteiger partial charge in [0.05, 0.1) is 9.82 Å². The van der Waals surface area contributed by atoms with Crippen LogP contribution in [0.15, 0.2) is 46.2 Å². The fourth-order valence-corrected chi connectivity index (χ4v) is 2.41. The molecule has 2 aromatic carbocycles. The third-order valence-electron chi connectivity index (χ3n) is 2.41. The molecular weight excluding hydrogens is 286 g/mol. The Morgan fingerprint density at radius 3 is 2.60 bits per heavy atom. The van der Waals surface area contributed by atoms with E-state index < -0.39 is 16.6 Å². The molecule has 0 spiro atoms. The minimum absolute atomic E-state index is 0.0442. The topological polar surface area (TPSA) is 66.9 Å². The Morgan fingerprint density at radius 2 is 1.95 bits per heavy atom. The van der Waals surface area contributed by atoms with Crippen molar-refractivity contribution >= 4 is 17.4 Å². The second kappa shape index (κ2) is 5.67. The summed E-state index contributed by atoms with van der Waals surface area (Å²) in [5, 5.41) is 19.5. The second-order valence-electron chi connectivity index (χ2n) is 3.72. The van der Waals surface area contributed by atoms with E-state index in [9.17, 15) is 18.9 Å². The van der Waals surface area contributed by atoms with Crippen LogP contribution in [0.4, 0.5) is 14.5 Å². The molecule has 0 unspecified atom stereocenters. The number of hydrogen-bond acceptors (Lipinski definition) is 4. The number of nitrogens with zero attached hydrogens (tertiary/aromatic N) is 2. The van der Waals surface area contributed by atoms with Gasteiger partial charge >= 0.3 is 0 Å². The summed E-state index contributed by atoms with van der Waals surface area (Å²) in [6.07, 6.45) is 0. The lowest BCUT2D eigenvalue weighted by molar-refractivity contribution is -0.385. The number of rotatable bonds is 3. The molecule has 0 saturated carbocycles. The third-order valence-corrected chi connectivity index (χ3v) is 3.43. The molecule has 0 amide bonds. The van der Waals surface area contributed by atoms with Gasteiger partial charge in [-0.25, -0.2) is 8.78 Å². The smallest absolute Gasteiger partial charge is 0.258 e. The van der Waals surface area contributed by atoms with Crippen LogP contribution in [-0.2, 0) is 0 Å². The van der Waals surface area contributed by atoms with E-state index in [0.717, 1.165) is 36.0 Å². The van der Waals surface area contributed by atoms with Crippen LogP contribution in [0.25, 0.3) is 0 Å². The molecule has 100 valence electrons. The van der Waals surface area contributed by atoms with Gasteiger partial charge in [0.1, 0.15) is 23.3 Å². The van der Waals surface area contributed by atoms with Crippen LogP contribution >= 0.6 is 11.8 Å². The quantitative estimate of drug-likeness (QED) is 0.635. The molecule has 7 heteroatoms. The highest BCUT2D eigenvalue weighted by molar-refractivity contribution is 7.99. The first-order valence-electron chi connectivity index (χ1n) is 5.32. The zero-order valence-electron chi connectivity index (χ0n) is 9.84. The molecule has 0 fully saturated rings. The number of nitro groups is 1. The summed E-state index contributed by atoms with van der Waals surface area (Å²) in [6.45, 7) is 0. The summed E-state index contributed by atoms with van der Waals surface area (Å²) in [5.41, 5.74) is -0.451. The maximum absolute atomic E-state index is 13.5. The number of nitriles is 1. The Bertz CT molecular complexity index is 729. The predicted molar refractivity (Wildman–Crippen MR) is 68.3 cm³/mol. The van der Waals surface area contributed by atoms with Gasteiger partial charge in [-0.3, -0.25) is 10.1 Å². The minimum atomic E-state index is -0.671. The largest absolute Gasteiger partial charge is 0.287 e. The lowest BCUT2D eigenvalue weighted by Crippen LogP contribution is -1.92. The van der Waals surface area contributed by atoms with Gasteiger partial charge in [-0.05, 0) is 30.3 Å². The minimum Gasteiger partial charge on any atom is -0.258 e. The van der Waals surface area contributed by atoms with Gasteiger partial charge in [0.25, 0.3) is 5.69 Å². The van der Waals surface area contributed by atoms with Gasteiger partial charge < -0.3 is 0 Å². The Morgan fingerprint density at radius 1 is 1.20 bits per heavy atom. The van der Waals surface area contributed by atoms with Crippen LogP contribution < -0.4 is 0 Å². The Balaban J connectivity index is 2.38. The van der Waals surface area contributed by atoms with Gasteiger partial charge in [-0.15, -0.1) is 0 Å². The zero-order valence-corrected chi connectivity index (χ0v) is 10.7. The molecule has 0 aliphatic heterocycles. The maximum Gasteiger partial charge on any atom is 0.287 e. The van der Waals surface area contributed by atoms with Crippen LogP contribution in [0.2, 0.25) is 0 Å². The van der Waals surface area contributed by atoms with Crippen LogP contribution in [-0.4, -0.2) is 4.92 Å². The summed E-state index contributed by atoms with van der Waals surface area (Å²) >= 11 is 0.890. The molecule has 0 aliphatic rings. The van der Waals surface area contributed by atoms with Gasteiger partial charge in [0.15, 0.2) is 0 Å². The van der Waals surface area contributed by atoms with E-state index in [2.05, 4.69) is 0 Å². The average Bonchev–Trinajstić information content (AvgIpc) is 2.42. The second-order valence-corrected chi connectivity index (χ2v) is 4.84. The molecular formula is C13H6F2N2O2S. The fourth-order valence-electron chi connectivity index (χ4n) is 1.51. The van der Waals surface area contributed by atoms with Crippen molar-refractivity contribution in [3.8, 4) is 6.07 Å². The summed E-state index contributed by atoms with van der Waals surface area (Å²) in [4.78, 5) is 10.5. The molecule has 2 aromatic rings. The number of nitro benzene ring substituents is 1. The summed E-state index contributed by atoms with van der Waals surface area (Å²) in [7, 11) is 0. The molecule has 4 nitrogen and oxygen atoms in total. The highest BCUT2D eigenvalue weighted by Gasteiger charge is 2.15. The predicted octanol–water partition coefficient (Wildman–Crippen LogP) is 3.90. The van der Waals surface area contributed by atoms with Crippen LogP contribution in [0.5, 0.6) is 0 Å². The summed E-state index contributed by atoms with van der Waals surface area (Å²) in [6, 6.07) is 8.54. The van der Waals surface area contributed by atoms with Crippen LogP contribution in [0, 0.1) is 33.1 Å². The Labute approximate surface area is 116 Å². The molecule has 20 heavy (non-hydrogen) atoms. The Hall–Kier alpha value is -2.46. The monoisotopic (exact) mass is 292 g/mol. The van der Waals surface area contributed by atoms with E-state index in [1.54, 1.807) is 6.07 Å². The van der Waals surface area contributed by atoms with E-state index >= 15 is 0 Å². The molecule has 0 N–H and O–H groups in total. The summed E-state index contributed by atoms with van der Waals surface area (Å²) < 4.78 is 26.5. The first-order chi connectivity index (χ1) is 9.51. The molecule has 0 heterocycles. The molecule has 0 atom stereocenters. The van der Waals surface area contributed by atoms with Crippen molar-refractivity contribution < 1.29 is 13.7 Å². The summed E-state index contributed by atoms with van der Waals surface area (Å²) in [5.74, 6) is -1.19. The zero-order chi connectivity index (χ0) is 14.7. The highest BCUT2D eigenvalue weighted by atomic mass is 32.2. The molecule has 2 rings (SSSR count). The molecule has 0 saturated heterocycles. The van der Waals surface area contributed by atoms with Gasteiger partial charge in [0.2, 0.25) is 0 Å². The van der Waals surface area contributed by atoms with Crippen molar-refractivity contribution in [2.75, 3.05) is 0 Å². The molecule has 0 aromatic heterocycles. The SMILES string of the molecule is N#Cc1cc(Sc2cc(F)ccc2F)ccc1[N+](=O)[O-]. The normalized spacial score (nSPS) is 10.1. The van der Waals surface area contributed by atoms with Gasteiger partial charge in [-0.2, -0.15) is 5.26 Å². The average molecular weight is 292 g/mol. The third kappa shape index (κ3) is 2.92. The van der Waals surface area contributed by atoms with Crippen molar-refractivity contribution in [3.05, 3.63) is 63.7 Å². The van der Waals surface area contributed by atoms with Gasteiger partial charge in [-0.1, -0.05) is 11.8 Å². The molecule has 0 bridgehead atoms. The van der Waals surface area contributed by atoms with E-state index in [1.165, 1.54) is 12.1 Å². The van der Waals surface area contributed by atoms with E-state index in [-0.39, 0.29) is 16.1 Å². The number of hydrogen-bond donors (Lipinski definition) is 0. The van der Waals surface area contributed by atoms with Crippen molar-refractivity contribution in [1.29, 1.82) is 5.26 Å². The first-order valence-corrected chi connectivity index (χ1v) is 6.14. The lowest BCUT2D eigenvalue weighted by Gasteiger charge is -2.04. The Kier molecular flexibility index (Phi) is 3.96. The lowest BCUT2D eigenvalue weighted by atomic mass is 10.2. The highest BCUT2D eigenvalue weighted by Crippen LogP contribution is 2.32. The number of benzene rings is 2. The van der Waals surface area contributed by atoms with Crippen LogP contribution in [0.3, 0.4) is 0 Å². The fraction of sp³-hybridized carbons (Fsp3) is 0. The van der Waals surface area contributed by atoms with Crippen molar-refractivity contribution in [2.45, 2.75) is 9.79 Å².